The Balaban J connectivity index is 2.18. The van der Waals surface area contributed by atoms with E-state index in [-0.39, 0.29) is 5.91 Å². The van der Waals surface area contributed by atoms with Gasteiger partial charge in [0.2, 0.25) is 0 Å². The Labute approximate surface area is 111 Å². The minimum absolute atomic E-state index is 0.0391. The molecule has 1 amide bonds. The van der Waals surface area contributed by atoms with Gasteiger partial charge < -0.3 is 4.90 Å². The highest BCUT2D eigenvalue weighted by atomic mass is 35.5. The molecule has 1 aliphatic rings. The third-order valence-corrected chi connectivity index (χ3v) is 3.57. The molecule has 0 spiro atoms. The number of carbonyl (C=O) groups is 1. The van der Waals surface area contributed by atoms with Crippen LogP contribution in [0.25, 0.3) is 0 Å². The second-order valence-corrected chi connectivity index (χ2v) is 4.91. The lowest BCUT2D eigenvalue weighted by Crippen LogP contribution is -2.45. The first kappa shape index (κ1) is 12.7. The van der Waals surface area contributed by atoms with Crippen molar-refractivity contribution >= 4 is 29.1 Å². The van der Waals surface area contributed by atoms with Crippen molar-refractivity contribution in [2.75, 3.05) is 12.4 Å². The topological polar surface area (TPSA) is 33.2 Å². The van der Waals surface area contributed by atoms with Crippen LogP contribution in [-0.2, 0) is 0 Å². The monoisotopic (exact) mass is 272 g/mol. The number of alkyl halides is 1. The summed E-state index contributed by atoms with van der Waals surface area (Å²) in [6.45, 7) is 0.573. The molecule has 0 atom stereocenters. The number of rotatable bonds is 4. The third-order valence-electron chi connectivity index (χ3n) is 3.10. The minimum atomic E-state index is -0.0391. The summed E-state index contributed by atoms with van der Waals surface area (Å²) in [6.07, 6.45) is 6.38. The molecular weight excluding hydrogens is 259 g/mol. The maximum absolute atomic E-state index is 12.3. The third kappa shape index (κ3) is 2.72. The van der Waals surface area contributed by atoms with Crippen molar-refractivity contribution in [3.63, 3.8) is 0 Å². The standard InChI is InChI=1S/C12H14Cl2N2O/c13-5-7-16(9-2-1-3-9)12(17)10-4-6-15-8-11(10)14/h4,6,8-9H,1-3,5,7H2. The van der Waals surface area contributed by atoms with Gasteiger partial charge in [0.05, 0.1) is 10.6 Å². The van der Waals surface area contributed by atoms with Crippen molar-refractivity contribution in [3.8, 4) is 0 Å². The molecule has 0 N–H and O–H groups in total. The van der Waals surface area contributed by atoms with Crippen LogP contribution < -0.4 is 0 Å². The van der Waals surface area contributed by atoms with Crippen LogP contribution in [0.4, 0.5) is 0 Å². The van der Waals surface area contributed by atoms with Crippen molar-refractivity contribution in [3.05, 3.63) is 29.0 Å². The molecule has 1 aromatic rings. The van der Waals surface area contributed by atoms with Gasteiger partial charge in [0, 0.05) is 30.9 Å². The SMILES string of the molecule is O=C(c1ccncc1Cl)N(CCCl)C1CCC1. The number of pyridine rings is 1. The van der Waals surface area contributed by atoms with Crippen molar-refractivity contribution in [2.45, 2.75) is 25.3 Å². The highest BCUT2D eigenvalue weighted by molar-refractivity contribution is 6.33. The van der Waals surface area contributed by atoms with Gasteiger partial charge in [-0.2, -0.15) is 0 Å². The first-order chi connectivity index (χ1) is 8.24. The molecule has 1 aromatic heterocycles. The Kier molecular flexibility index (Phi) is 4.24. The second-order valence-electron chi connectivity index (χ2n) is 4.13. The molecule has 1 aliphatic carbocycles. The fourth-order valence-corrected chi connectivity index (χ4v) is 2.32. The van der Waals surface area contributed by atoms with E-state index >= 15 is 0 Å². The van der Waals surface area contributed by atoms with E-state index in [2.05, 4.69) is 4.98 Å². The highest BCUT2D eigenvalue weighted by Crippen LogP contribution is 2.27. The van der Waals surface area contributed by atoms with E-state index in [1.165, 1.54) is 12.6 Å². The summed E-state index contributed by atoms with van der Waals surface area (Å²) in [5.41, 5.74) is 0.513. The average Bonchev–Trinajstić information content (AvgIpc) is 2.26. The maximum atomic E-state index is 12.3. The van der Waals surface area contributed by atoms with Crippen molar-refractivity contribution in [1.29, 1.82) is 0 Å². The molecule has 1 fully saturated rings. The minimum Gasteiger partial charge on any atom is -0.334 e. The second kappa shape index (κ2) is 5.69. The molecular formula is C12H14Cl2N2O. The van der Waals surface area contributed by atoms with E-state index in [9.17, 15) is 4.79 Å². The number of carbonyl (C=O) groups excluding carboxylic acids is 1. The van der Waals surface area contributed by atoms with Gasteiger partial charge >= 0.3 is 0 Å². The Bertz CT molecular complexity index is 407. The molecule has 92 valence electrons. The van der Waals surface area contributed by atoms with Gasteiger partial charge in [-0.25, -0.2) is 0 Å². The van der Waals surface area contributed by atoms with Crippen LogP contribution in [0.3, 0.4) is 0 Å². The van der Waals surface area contributed by atoms with Crippen molar-refractivity contribution < 1.29 is 4.79 Å². The largest absolute Gasteiger partial charge is 0.334 e. The van der Waals surface area contributed by atoms with Crippen LogP contribution in [0.15, 0.2) is 18.5 Å². The zero-order chi connectivity index (χ0) is 12.3. The Morgan fingerprint density at radius 1 is 1.53 bits per heavy atom. The number of amides is 1. The van der Waals surface area contributed by atoms with E-state index in [4.69, 9.17) is 23.2 Å². The average molecular weight is 273 g/mol. The summed E-state index contributed by atoms with van der Waals surface area (Å²) < 4.78 is 0. The Morgan fingerprint density at radius 3 is 2.82 bits per heavy atom. The van der Waals surface area contributed by atoms with Gasteiger partial charge in [0.25, 0.3) is 5.91 Å². The van der Waals surface area contributed by atoms with E-state index in [1.54, 1.807) is 12.3 Å². The first-order valence-corrected chi connectivity index (χ1v) is 6.61. The molecule has 0 aliphatic heterocycles. The van der Waals surface area contributed by atoms with Gasteiger partial charge in [-0.05, 0) is 25.3 Å². The van der Waals surface area contributed by atoms with Gasteiger partial charge in [-0.1, -0.05) is 11.6 Å². The van der Waals surface area contributed by atoms with Crippen LogP contribution in [0.2, 0.25) is 5.02 Å². The first-order valence-electron chi connectivity index (χ1n) is 5.70. The van der Waals surface area contributed by atoms with Crippen molar-refractivity contribution in [1.82, 2.24) is 9.88 Å². The normalized spacial score (nSPS) is 15.4. The molecule has 1 heterocycles. The molecule has 2 rings (SSSR count). The maximum Gasteiger partial charge on any atom is 0.255 e. The van der Waals surface area contributed by atoms with Crippen LogP contribution in [-0.4, -0.2) is 34.3 Å². The lowest BCUT2D eigenvalue weighted by atomic mass is 9.91. The molecule has 0 saturated heterocycles. The van der Waals surface area contributed by atoms with Crippen LogP contribution in [0.1, 0.15) is 29.6 Å². The van der Waals surface area contributed by atoms with Gasteiger partial charge in [-0.3, -0.25) is 9.78 Å². The van der Waals surface area contributed by atoms with Crippen LogP contribution >= 0.6 is 23.2 Å². The number of halogens is 2. The summed E-state index contributed by atoms with van der Waals surface area (Å²) in [5, 5.41) is 0.399. The van der Waals surface area contributed by atoms with Gasteiger partial charge in [0.1, 0.15) is 0 Å². The zero-order valence-corrected chi connectivity index (χ0v) is 10.9. The number of nitrogens with zero attached hydrogens (tertiary/aromatic N) is 2. The van der Waals surface area contributed by atoms with E-state index in [0.29, 0.717) is 29.1 Å². The summed E-state index contributed by atoms with van der Waals surface area (Å²) in [6, 6.07) is 1.98. The predicted molar refractivity (Wildman–Crippen MR) is 68.6 cm³/mol. The Morgan fingerprint density at radius 2 is 2.29 bits per heavy atom. The van der Waals surface area contributed by atoms with E-state index < -0.39 is 0 Å². The van der Waals surface area contributed by atoms with Crippen LogP contribution in [0, 0.1) is 0 Å². The molecule has 0 aromatic carbocycles. The predicted octanol–water partition coefficient (Wildman–Crippen LogP) is 2.97. The van der Waals surface area contributed by atoms with E-state index in [0.717, 1.165) is 12.8 Å². The van der Waals surface area contributed by atoms with Gasteiger partial charge in [0.15, 0.2) is 0 Å². The van der Waals surface area contributed by atoms with Crippen molar-refractivity contribution in [2.24, 2.45) is 0 Å². The molecule has 0 radical (unpaired) electrons. The molecule has 0 bridgehead atoms. The van der Waals surface area contributed by atoms with Crippen LogP contribution in [0.5, 0.6) is 0 Å². The smallest absolute Gasteiger partial charge is 0.255 e. The molecule has 17 heavy (non-hydrogen) atoms. The summed E-state index contributed by atoms with van der Waals surface area (Å²) in [4.78, 5) is 18.1. The lowest BCUT2D eigenvalue weighted by Gasteiger charge is -2.37. The van der Waals surface area contributed by atoms with E-state index in [1.807, 2.05) is 4.90 Å². The fourth-order valence-electron chi connectivity index (χ4n) is 1.94. The molecule has 1 saturated carbocycles. The number of aromatic nitrogens is 1. The highest BCUT2D eigenvalue weighted by Gasteiger charge is 2.29. The molecule has 3 nitrogen and oxygen atoms in total. The summed E-state index contributed by atoms with van der Waals surface area (Å²) >= 11 is 11.7. The fraction of sp³-hybridized carbons (Fsp3) is 0.500. The summed E-state index contributed by atoms with van der Waals surface area (Å²) in [7, 11) is 0. The lowest BCUT2D eigenvalue weighted by molar-refractivity contribution is 0.0598. The zero-order valence-electron chi connectivity index (χ0n) is 9.40. The number of hydrogen-bond donors (Lipinski definition) is 0. The number of hydrogen-bond acceptors (Lipinski definition) is 2. The quantitative estimate of drug-likeness (QED) is 0.790. The van der Waals surface area contributed by atoms with Gasteiger partial charge in [-0.15, -0.1) is 11.6 Å². The molecule has 5 heteroatoms. The Hall–Kier alpha value is -0.800. The summed E-state index contributed by atoms with van der Waals surface area (Å²) in [5.74, 6) is 0.410. The molecule has 0 unspecified atom stereocenters.